The maximum Gasteiger partial charge on any atom is 0.213 e. The number of hydrogen-bond acceptors (Lipinski definition) is 3. The Morgan fingerprint density at radius 1 is 0.840 bits per heavy atom. The fourth-order valence-corrected chi connectivity index (χ4v) is 3.30. The average Bonchev–Trinajstić information content (AvgIpc) is 2.60. The Morgan fingerprint density at radius 3 is 1.68 bits per heavy atom. The second-order valence-electron chi connectivity index (χ2n) is 6.76. The van der Waals surface area contributed by atoms with E-state index in [0.717, 1.165) is 22.3 Å². The largest absolute Gasteiger partial charge is 0.389 e. The van der Waals surface area contributed by atoms with Crippen molar-refractivity contribution in [3.63, 3.8) is 0 Å². The Kier molecular flexibility index (Phi) is 6.38. The molecular formula is C20H27NO3S. The molecule has 0 aliphatic rings. The number of rotatable bonds is 7. The van der Waals surface area contributed by atoms with E-state index in [9.17, 15) is 13.5 Å². The smallest absolute Gasteiger partial charge is 0.213 e. The molecule has 0 bridgehead atoms. The van der Waals surface area contributed by atoms with E-state index < -0.39 is 21.4 Å². The first-order valence-electron chi connectivity index (χ1n) is 8.57. The molecule has 0 saturated carbocycles. The third-order valence-corrected chi connectivity index (χ3v) is 6.23. The minimum absolute atomic E-state index is 0.0974. The van der Waals surface area contributed by atoms with E-state index in [4.69, 9.17) is 0 Å². The molecule has 2 aromatic rings. The van der Waals surface area contributed by atoms with Gasteiger partial charge < -0.3 is 5.11 Å². The fraction of sp³-hybridized carbons (Fsp3) is 0.400. The van der Waals surface area contributed by atoms with Crippen molar-refractivity contribution in [1.82, 2.24) is 4.72 Å². The summed E-state index contributed by atoms with van der Waals surface area (Å²) in [5, 5.41) is 9.15. The van der Waals surface area contributed by atoms with Crippen LogP contribution in [0.5, 0.6) is 0 Å². The van der Waals surface area contributed by atoms with Crippen molar-refractivity contribution >= 4 is 10.0 Å². The molecule has 4 nitrogen and oxygen atoms in total. The van der Waals surface area contributed by atoms with Crippen LogP contribution in [0.3, 0.4) is 0 Å². The minimum atomic E-state index is -3.23. The summed E-state index contributed by atoms with van der Waals surface area (Å²) in [6.45, 7) is 7.49. The molecule has 2 unspecified atom stereocenters. The van der Waals surface area contributed by atoms with Gasteiger partial charge in [-0.3, -0.25) is 0 Å². The lowest BCUT2D eigenvalue weighted by Gasteiger charge is -2.15. The van der Waals surface area contributed by atoms with E-state index >= 15 is 0 Å². The first kappa shape index (κ1) is 19.6. The summed E-state index contributed by atoms with van der Waals surface area (Å²) >= 11 is 0. The normalized spacial score (nSPS) is 14.5. The standard InChI is InChI=1S/C20H27NO3S/c1-14(2)25(23,24)21-13-15(3)17-5-9-19(10-6-17)20-11-7-18(8-12-20)16(4)22/h5-12,14-16,21-22H,13H2,1-4H3. The van der Waals surface area contributed by atoms with Crippen LogP contribution in [0.1, 0.15) is 50.8 Å². The van der Waals surface area contributed by atoms with E-state index in [2.05, 4.69) is 4.72 Å². The zero-order valence-electron chi connectivity index (χ0n) is 15.2. The number of sulfonamides is 1. The van der Waals surface area contributed by atoms with E-state index in [0.29, 0.717) is 6.54 Å². The highest BCUT2D eigenvalue weighted by Gasteiger charge is 2.17. The van der Waals surface area contributed by atoms with Crippen molar-refractivity contribution in [1.29, 1.82) is 0 Å². The van der Waals surface area contributed by atoms with Gasteiger partial charge in [-0.05, 0) is 48.9 Å². The molecule has 136 valence electrons. The lowest BCUT2D eigenvalue weighted by Crippen LogP contribution is -2.33. The third kappa shape index (κ3) is 5.14. The van der Waals surface area contributed by atoms with E-state index in [1.54, 1.807) is 20.8 Å². The number of benzene rings is 2. The van der Waals surface area contributed by atoms with Crippen LogP contribution in [0.25, 0.3) is 11.1 Å². The molecule has 0 amide bonds. The van der Waals surface area contributed by atoms with Gasteiger partial charge >= 0.3 is 0 Å². The summed E-state index contributed by atoms with van der Waals surface area (Å²) in [7, 11) is -3.23. The van der Waals surface area contributed by atoms with Crippen molar-refractivity contribution in [3.8, 4) is 11.1 Å². The second-order valence-corrected chi connectivity index (χ2v) is 9.08. The van der Waals surface area contributed by atoms with Crippen molar-refractivity contribution in [2.24, 2.45) is 0 Å². The summed E-state index contributed by atoms with van der Waals surface area (Å²) in [6.07, 6.45) is -0.466. The van der Waals surface area contributed by atoms with Crippen LogP contribution in [0.4, 0.5) is 0 Å². The zero-order valence-corrected chi connectivity index (χ0v) is 16.0. The lowest BCUT2D eigenvalue weighted by molar-refractivity contribution is 0.199. The molecule has 2 aromatic carbocycles. The molecular weight excluding hydrogens is 334 g/mol. The van der Waals surface area contributed by atoms with Crippen LogP contribution in [-0.2, 0) is 10.0 Å². The van der Waals surface area contributed by atoms with Crippen molar-refractivity contribution < 1.29 is 13.5 Å². The fourth-order valence-electron chi connectivity index (χ4n) is 2.48. The maximum absolute atomic E-state index is 11.9. The highest BCUT2D eigenvalue weighted by molar-refractivity contribution is 7.90. The van der Waals surface area contributed by atoms with E-state index in [1.807, 2.05) is 55.5 Å². The van der Waals surface area contributed by atoms with Crippen molar-refractivity contribution in [2.75, 3.05) is 6.54 Å². The SMILES string of the molecule is CC(O)c1ccc(-c2ccc(C(C)CNS(=O)(=O)C(C)C)cc2)cc1. The minimum Gasteiger partial charge on any atom is -0.389 e. The predicted molar refractivity (Wildman–Crippen MR) is 103 cm³/mol. The van der Waals surface area contributed by atoms with Crippen LogP contribution in [0.2, 0.25) is 0 Å². The average molecular weight is 362 g/mol. The summed E-state index contributed by atoms with van der Waals surface area (Å²) in [5.74, 6) is 0.0974. The Hall–Kier alpha value is -1.69. The highest BCUT2D eigenvalue weighted by atomic mass is 32.2. The van der Waals surface area contributed by atoms with Gasteiger partial charge in [0.05, 0.1) is 11.4 Å². The summed E-state index contributed by atoms with van der Waals surface area (Å²) in [6, 6.07) is 16.0. The van der Waals surface area contributed by atoms with Crippen molar-refractivity contribution in [2.45, 2.75) is 45.0 Å². The van der Waals surface area contributed by atoms with Crippen LogP contribution in [-0.4, -0.2) is 25.3 Å². The van der Waals surface area contributed by atoms with Gasteiger partial charge in [-0.1, -0.05) is 55.5 Å². The zero-order chi connectivity index (χ0) is 18.6. The van der Waals surface area contributed by atoms with E-state index in [-0.39, 0.29) is 5.92 Å². The molecule has 2 N–H and O–H groups in total. The quantitative estimate of drug-likeness (QED) is 0.787. The molecule has 0 fully saturated rings. The van der Waals surface area contributed by atoms with Gasteiger partial charge in [0, 0.05) is 6.54 Å². The second kappa shape index (κ2) is 8.13. The molecule has 0 radical (unpaired) electrons. The number of aliphatic hydroxyl groups excluding tert-OH is 1. The van der Waals surface area contributed by atoms with Crippen LogP contribution >= 0.6 is 0 Å². The van der Waals surface area contributed by atoms with Gasteiger partial charge in [-0.15, -0.1) is 0 Å². The molecule has 0 heterocycles. The lowest BCUT2D eigenvalue weighted by atomic mass is 9.97. The van der Waals surface area contributed by atoms with Crippen molar-refractivity contribution in [3.05, 3.63) is 59.7 Å². The predicted octanol–water partition coefficient (Wildman–Crippen LogP) is 3.84. The molecule has 0 aromatic heterocycles. The number of aliphatic hydroxyl groups is 1. The molecule has 0 saturated heterocycles. The topological polar surface area (TPSA) is 66.4 Å². The van der Waals surface area contributed by atoms with Crippen LogP contribution in [0, 0.1) is 0 Å². The molecule has 2 rings (SSSR count). The Morgan fingerprint density at radius 2 is 1.28 bits per heavy atom. The van der Waals surface area contributed by atoms with Gasteiger partial charge in [-0.25, -0.2) is 13.1 Å². The maximum atomic E-state index is 11.9. The molecule has 0 aliphatic heterocycles. The number of nitrogens with one attached hydrogen (secondary N) is 1. The highest BCUT2D eigenvalue weighted by Crippen LogP contribution is 2.24. The Bertz CT molecular complexity index is 779. The van der Waals surface area contributed by atoms with Crippen LogP contribution < -0.4 is 4.72 Å². The first-order valence-corrected chi connectivity index (χ1v) is 10.1. The molecule has 25 heavy (non-hydrogen) atoms. The Balaban J connectivity index is 2.06. The Labute approximate surface area is 151 Å². The van der Waals surface area contributed by atoms with E-state index in [1.165, 1.54) is 0 Å². The number of hydrogen-bond donors (Lipinski definition) is 2. The summed E-state index contributed by atoms with van der Waals surface area (Å²) < 4.78 is 26.4. The van der Waals surface area contributed by atoms with Gasteiger partial charge in [0.25, 0.3) is 0 Å². The molecule has 0 aliphatic carbocycles. The molecule has 2 atom stereocenters. The first-order chi connectivity index (χ1) is 11.7. The summed E-state index contributed by atoms with van der Waals surface area (Å²) in [5.41, 5.74) is 4.17. The van der Waals surface area contributed by atoms with Gasteiger partial charge in [0.1, 0.15) is 0 Å². The molecule has 0 spiro atoms. The van der Waals surface area contributed by atoms with Gasteiger partial charge in [0.15, 0.2) is 0 Å². The molecule has 5 heteroatoms. The van der Waals surface area contributed by atoms with Gasteiger partial charge in [-0.2, -0.15) is 0 Å². The monoisotopic (exact) mass is 361 g/mol. The third-order valence-electron chi connectivity index (χ3n) is 4.42. The van der Waals surface area contributed by atoms with Crippen LogP contribution in [0.15, 0.2) is 48.5 Å². The van der Waals surface area contributed by atoms with Gasteiger partial charge in [0.2, 0.25) is 10.0 Å². The summed E-state index contributed by atoms with van der Waals surface area (Å²) in [4.78, 5) is 0.